The van der Waals surface area contributed by atoms with Crippen LogP contribution in [0.3, 0.4) is 0 Å². The van der Waals surface area contributed by atoms with Crippen LogP contribution >= 0.6 is 11.3 Å². The molecule has 1 atom stereocenters. The van der Waals surface area contributed by atoms with Crippen molar-refractivity contribution in [2.75, 3.05) is 13.2 Å². The summed E-state index contributed by atoms with van der Waals surface area (Å²) in [5, 5.41) is 9.63. The molecule has 1 saturated carbocycles. The predicted octanol–water partition coefficient (Wildman–Crippen LogP) is 6.82. The number of thiophene rings is 1. The standard InChI is InChI=1S/C26H33F3N2O6S2/c1-4-5-11-37-24(32)30-39(35,36)23-21(14-20(38-23)12-16(2)3)18-7-6-8-19(13-18)22(17-9-10-17)31(25(33)34)15-26(27,28)29/h6-8,13-14,16-17,22H,4-5,9-12,15H2,1-3H3,(H,30,32)(H,33,34). The van der Waals surface area contributed by atoms with E-state index in [4.69, 9.17) is 4.74 Å². The van der Waals surface area contributed by atoms with Crippen LogP contribution in [0.15, 0.2) is 34.5 Å². The van der Waals surface area contributed by atoms with Crippen molar-refractivity contribution in [3.05, 3.63) is 40.8 Å². The van der Waals surface area contributed by atoms with Crippen LogP contribution in [0.5, 0.6) is 0 Å². The van der Waals surface area contributed by atoms with Crippen LogP contribution in [0.2, 0.25) is 0 Å². The Kier molecular flexibility index (Phi) is 9.92. The van der Waals surface area contributed by atoms with E-state index in [0.717, 1.165) is 22.6 Å². The molecule has 1 unspecified atom stereocenters. The number of ether oxygens (including phenoxy) is 1. The Labute approximate surface area is 230 Å². The molecule has 1 aromatic heterocycles. The van der Waals surface area contributed by atoms with Crippen molar-refractivity contribution < 1.29 is 41.0 Å². The summed E-state index contributed by atoms with van der Waals surface area (Å²) in [5.74, 6) is -0.0727. The van der Waals surface area contributed by atoms with Crippen LogP contribution in [0.25, 0.3) is 11.1 Å². The quantitative estimate of drug-likeness (QED) is 0.262. The first-order valence-electron chi connectivity index (χ1n) is 12.7. The monoisotopic (exact) mass is 590 g/mol. The molecule has 1 aromatic carbocycles. The van der Waals surface area contributed by atoms with Gasteiger partial charge >= 0.3 is 18.4 Å². The van der Waals surface area contributed by atoms with Crippen LogP contribution in [0, 0.1) is 11.8 Å². The number of rotatable bonds is 12. The van der Waals surface area contributed by atoms with Crippen LogP contribution in [0.4, 0.5) is 22.8 Å². The van der Waals surface area contributed by atoms with Gasteiger partial charge in [-0.25, -0.2) is 22.7 Å². The third-order valence-electron chi connectivity index (χ3n) is 6.09. The highest BCUT2D eigenvalue weighted by atomic mass is 32.2. The van der Waals surface area contributed by atoms with E-state index in [9.17, 15) is 36.3 Å². The van der Waals surface area contributed by atoms with Gasteiger partial charge < -0.3 is 9.84 Å². The van der Waals surface area contributed by atoms with E-state index in [1.807, 2.05) is 25.5 Å². The lowest BCUT2D eigenvalue weighted by Gasteiger charge is -2.31. The minimum atomic E-state index is -4.72. The van der Waals surface area contributed by atoms with Crippen molar-refractivity contribution in [3.63, 3.8) is 0 Å². The fraction of sp³-hybridized carbons (Fsp3) is 0.538. The Morgan fingerprint density at radius 3 is 2.49 bits per heavy atom. The van der Waals surface area contributed by atoms with Crippen molar-refractivity contribution in [2.24, 2.45) is 11.8 Å². The normalized spacial score (nSPS) is 14.7. The molecule has 1 aliphatic carbocycles. The number of unbranched alkanes of at least 4 members (excludes halogenated alkanes) is 1. The first kappa shape index (κ1) is 30.7. The molecular weight excluding hydrogens is 557 g/mol. The zero-order valence-electron chi connectivity index (χ0n) is 22.0. The van der Waals surface area contributed by atoms with E-state index < -0.39 is 41.0 Å². The molecule has 2 aromatic rings. The summed E-state index contributed by atoms with van der Waals surface area (Å²) in [4.78, 5) is 25.2. The lowest BCUT2D eigenvalue weighted by atomic mass is 9.96. The topological polar surface area (TPSA) is 113 Å². The van der Waals surface area contributed by atoms with Crippen molar-refractivity contribution in [2.45, 2.75) is 69.3 Å². The molecule has 0 spiro atoms. The third-order valence-corrected chi connectivity index (χ3v) is 9.09. The van der Waals surface area contributed by atoms with Crippen molar-refractivity contribution >= 4 is 33.5 Å². The van der Waals surface area contributed by atoms with E-state index in [0.29, 0.717) is 41.7 Å². The van der Waals surface area contributed by atoms with Gasteiger partial charge in [0.15, 0.2) is 0 Å². The number of nitrogens with one attached hydrogen (secondary N) is 1. The maximum absolute atomic E-state index is 13.2. The highest BCUT2D eigenvalue weighted by molar-refractivity contribution is 7.92. The molecule has 0 bridgehead atoms. The maximum Gasteiger partial charge on any atom is 0.421 e. The largest absolute Gasteiger partial charge is 0.465 e. The molecule has 8 nitrogen and oxygen atoms in total. The summed E-state index contributed by atoms with van der Waals surface area (Å²) in [5.41, 5.74) is 1.01. The van der Waals surface area contributed by atoms with Gasteiger partial charge in [-0.2, -0.15) is 13.2 Å². The molecule has 0 aliphatic heterocycles. The number of carbonyl (C=O) groups is 2. The van der Waals surface area contributed by atoms with Crippen molar-refractivity contribution in [1.82, 2.24) is 9.62 Å². The second-order valence-electron chi connectivity index (χ2n) is 10.0. The van der Waals surface area contributed by atoms with Crippen molar-refractivity contribution in [1.29, 1.82) is 0 Å². The van der Waals surface area contributed by atoms with Crippen molar-refractivity contribution in [3.8, 4) is 11.1 Å². The second kappa shape index (κ2) is 12.6. The van der Waals surface area contributed by atoms with Gasteiger partial charge in [0.2, 0.25) is 0 Å². The van der Waals surface area contributed by atoms with E-state index in [2.05, 4.69) is 0 Å². The maximum atomic E-state index is 13.2. The predicted molar refractivity (Wildman–Crippen MR) is 141 cm³/mol. The molecule has 216 valence electrons. The summed E-state index contributed by atoms with van der Waals surface area (Å²) >= 11 is 1.00. The average molecular weight is 591 g/mol. The smallest absolute Gasteiger partial charge is 0.421 e. The number of carboxylic acid groups (broad SMARTS) is 1. The summed E-state index contributed by atoms with van der Waals surface area (Å²) in [6.45, 7) is 4.29. The molecule has 0 saturated heterocycles. The molecule has 3 rings (SSSR count). The first-order valence-corrected chi connectivity index (χ1v) is 15.0. The average Bonchev–Trinajstić information content (AvgIpc) is 3.55. The zero-order chi connectivity index (χ0) is 29.0. The van der Waals surface area contributed by atoms with E-state index in [1.54, 1.807) is 24.3 Å². The Hall–Kier alpha value is -2.80. The molecule has 13 heteroatoms. The summed E-state index contributed by atoms with van der Waals surface area (Å²) < 4.78 is 73.0. The number of amides is 2. The van der Waals surface area contributed by atoms with Crippen LogP contribution in [-0.4, -0.2) is 49.9 Å². The number of benzene rings is 1. The molecule has 1 heterocycles. The van der Waals surface area contributed by atoms with Gasteiger partial charge in [0.05, 0.1) is 12.6 Å². The van der Waals surface area contributed by atoms with Gasteiger partial charge in [0.25, 0.3) is 10.0 Å². The Bertz CT molecular complexity index is 1270. The van der Waals surface area contributed by atoms with E-state index in [1.165, 1.54) is 6.07 Å². The summed E-state index contributed by atoms with van der Waals surface area (Å²) in [7, 11) is -4.34. The molecule has 0 radical (unpaired) electrons. The number of sulfonamides is 1. The van der Waals surface area contributed by atoms with Gasteiger partial charge in [-0.3, -0.25) is 4.90 Å². The fourth-order valence-corrected chi connectivity index (χ4v) is 7.15. The minimum absolute atomic E-state index is 0.0658. The van der Waals surface area contributed by atoms with Crippen LogP contribution in [0.1, 0.15) is 62.9 Å². The number of nitrogens with zero attached hydrogens (tertiary/aromatic N) is 1. The molecule has 1 aliphatic rings. The molecule has 1 fully saturated rings. The number of hydrogen-bond donors (Lipinski definition) is 2. The lowest BCUT2D eigenvalue weighted by Crippen LogP contribution is -2.41. The van der Waals surface area contributed by atoms with Crippen LogP contribution < -0.4 is 4.72 Å². The molecule has 2 N–H and O–H groups in total. The van der Waals surface area contributed by atoms with Gasteiger partial charge in [-0.05, 0) is 60.8 Å². The number of halogens is 3. The summed E-state index contributed by atoms with van der Waals surface area (Å²) in [6.07, 6.45) is -4.44. The molecule has 39 heavy (non-hydrogen) atoms. The fourth-order valence-electron chi connectivity index (χ4n) is 4.31. The van der Waals surface area contributed by atoms with Gasteiger partial charge in [-0.1, -0.05) is 45.4 Å². The number of carbonyl (C=O) groups excluding carboxylic acids is 1. The van der Waals surface area contributed by atoms with Gasteiger partial charge in [0.1, 0.15) is 10.8 Å². The number of alkyl halides is 3. The van der Waals surface area contributed by atoms with Gasteiger partial charge in [0, 0.05) is 10.4 Å². The highest BCUT2D eigenvalue weighted by Gasteiger charge is 2.43. The Morgan fingerprint density at radius 2 is 1.92 bits per heavy atom. The first-order chi connectivity index (χ1) is 18.2. The van der Waals surface area contributed by atoms with E-state index >= 15 is 0 Å². The van der Waals surface area contributed by atoms with E-state index in [-0.39, 0.29) is 28.2 Å². The number of hydrogen-bond acceptors (Lipinski definition) is 6. The Morgan fingerprint density at radius 1 is 1.23 bits per heavy atom. The second-order valence-corrected chi connectivity index (χ2v) is 13.1. The molecular formula is C26H33F3N2O6S2. The zero-order valence-corrected chi connectivity index (χ0v) is 23.6. The summed E-state index contributed by atoms with van der Waals surface area (Å²) in [6, 6.07) is 6.92. The van der Waals surface area contributed by atoms with Crippen LogP contribution in [-0.2, 0) is 21.2 Å². The third kappa shape index (κ3) is 8.59. The van der Waals surface area contributed by atoms with Gasteiger partial charge in [-0.15, -0.1) is 11.3 Å². The lowest BCUT2D eigenvalue weighted by molar-refractivity contribution is -0.147. The highest BCUT2D eigenvalue weighted by Crippen LogP contribution is 2.46. The molecule has 2 amide bonds. The minimum Gasteiger partial charge on any atom is -0.465 e. The Balaban J connectivity index is 2.03. The SMILES string of the molecule is CCCCOC(=O)NS(=O)(=O)c1sc(CC(C)C)cc1-c1cccc(C(C2CC2)N(CC(F)(F)F)C(=O)O)c1.